The molecule has 0 spiro atoms. The van der Waals surface area contributed by atoms with Crippen LogP contribution in [0.1, 0.15) is 21.5 Å². The van der Waals surface area contributed by atoms with E-state index in [1.807, 2.05) is 45.9 Å². The van der Waals surface area contributed by atoms with Crippen molar-refractivity contribution in [3.05, 3.63) is 76.4 Å². The number of aromatic nitrogens is 1. The summed E-state index contributed by atoms with van der Waals surface area (Å²) in [5.74, 6) is 0.597. The molecule has 0 bridgehead atoms. The molecule has 3 amide bonds. The van der Waals surface area contributed by atoms with E-state index in [1.165, 1.54) is 6.08 Å². The molecule has 5 rings (SSSR count). The lowest BCUT2D eigenvalue weighted by molar-refractivity contribution is -0.142. The van der Waals surface area contributed by atoms with Gasteiger partial charge in [0.1, 0.15) is 12.3 Å². The van der Waals surface area contributed by atoms with Crippen molar-refractivity contribution in [2.24, 2.45) is 0 Å². The number of benzene rings is 2. The van der Waals surface area contributed by atoms with Gasteiger partial charge in [-0.05, 0) is 42.3 Å². The first kappa shape index (κ1) is 25.1. The molecule has 0 saturated carbocycles. The van der Waals surface area contributed by atoms with Gasteiger partial charge in [0, 0.05) is 60.4 Å². The summed E-state index contributed by atoms with van der Waals surface area (Å²) < 4.78 is 8.22. The van der Waals surface area contributed by atoms with Crippen molar-refractivity contribution in [2.45, 2.75) is 25.6 Å². The first-order chi connectivity index (χ1) is 17.8. The lowest BCUT2D eigenvalue weighted by atomic mass is 9.98. The highest BCUT2D eigenvalue weighted by atomic mass is 79.9. The number of carbonyl (C=O) groups excluding carboxylic acids is 3. The normalized spacial score (nSPS) is 15.2. The first-order valence-corrected chi connectivity index (χ1v) is 13.0. The second-order valence-corrected chi connectivity index (χ2v) is 10.4. The third-order valence-corrected chi connectivity index (χ3v) is 7.89. The standard InChI is InChI=1S/C28H29BrN4O4/c1-4-26(34)33-14-20(15-33)30(2)27(35)17-32-16-23(22-12-19(29)8-9-24(22)32)28(36)31-11-10-21-18(13-31)6-5-7-25(21)37-3/h4-9,12,16,20H,1,10-11,13-15,17H2,2-3H3. The molecular formula is C28H29BrN4O4. The molecule has 0 unspecified atom stereocenters. The summed E-state index contributed by atoms with van der Waals surface area (Å²) in [6, 6.07) is 11.7. The zero-order valence-corrected chi connectivity index (χ0v) is 22.5. The average molecular weight is 565 g/mol. The van der Waals surface area contributed by atoms with Crippen LogP contribution in [0.4, 0.5) is 0 Å². The molecule has 8 nitrogen and oxygen atoms in total. The Morgan fingerprint density at radius 3 is 2.70 bits per heavy atom. The number of halogens is 1. The van der Waals surface area contributed by atoms with Crippen molar-refractivity contribution in [3.63, 3.8) is 0 Å². The minimum Gasteiger partial charge on any atom is -0.496 e. The minimum atomic E-state index is -0.124. The quantitative estimate of drug-likeness (QED) is 0.430. The summed E-state index contributed by atoms with van der Waals surface area (Å²) in [7, 11) is 3.43. The van der Waals surface area contributed by atoms with E-state index in [0.717, 1.165) is 38.7 Å². The number of amides is 3. The number of ether oxygens (including phenoxy) is 1. The van der Waals surface area contributed by atoms with Gasteiger partial charge in [0.15, 0.2) is 0 Å². The number of methoxy groups -OCH3 is 1. The zero-order valence-electron chi connectivity index (χ0n) is 20.9. The van der Waals surface area contributed by atoms with Crippen LogP contribution >= 0.6 is 15.9 Å². The van der Waals surface area contributed by atoms with Gasteiger partial charge < -0.3 is 24.0 Å². The smallest absolute Gasteiger partial charge is 0.256 e. The van der Waals surface area contributed by atoms with Crippen LogP contribution < -0.4 is 4.74 Å². The summed E-state index contributed by atoms with van der Waals surface area (Å²) in [5, 5.41) is 0.803. The van der Waals surface area contributed by atoms with Gasteiger partial charge in [-0.15, -0.1) is 0 Å². The molecule has 192 valence electrons. The predicted molar refractivity (Wildman–Crippen MR) is 144 cm³/mol. The number of likely N-dealkylation sites (tertiary alicyclic amines) is 1. The Balaban J connectivity index is 1.37. The number of carbonyl (C=O) groups is 3. The molecule has 37 heavy (non-hydrogen) atoms. The van der Waals surface area contributed by atoms with E-state index in [9.17, 15) is 14.4 Å². The number of fused-ring (bicyclic) bond motifs is 2. The maximum Gasteiger partial charge on any atom is 0.256 e. The van der Waals surface area contributed by atoms with Crippen molar-refractivity contribution in [3.8, 4) is 5.75 Å². The summed E-state index contributed by atoms with van der Waals surface area (Å²) in [6.45, 7) is 5.72. The Labute approximate surface area is 224 Å². The highest BCUT2D eigenvalue weighted by molar-refractivity contribution is 9.10. The monoisotopic (exact) mass is 564 g/mol. The Bertz CT molecular complexity index is 1410. The number of likely N-dealkylation sites (N-methyl/N-ethyl adjacent to an activating group) is 1. The molecule has 2 aliphatic heterocycles. The topological polar surface area (TPSA) is 75.1 Å². The van der Waals surface area contributed by atoms with Crippen molar-refractivity contribution >= 4 is 44.6 Å². The van der Waals surface area contributed by atoms with Crippen LogP contribution in [-0.2, 0) is 29.1 Å². The third-order valence-electron chi connectivity index (χ3n) is 7.40. The maximum atomic E-state index is 13.7. The largest absolute Gasteiger partial charge is 0.496 e. The molecule has 1 aromatic heterocycles. The molecule has 1 fully saturated rings. The molecule has 0 atom stereocenters. The van der Waals surface area contributed by atoms with E-state index in [1.54, 1.807) is 30.2 Å². The molecule has 1 saturated heterocycles. The van der Waals surface area contributed by atoms with Crippen molar-refractivity contribution in [2.75, 3.05) is 33.8 Å². The van der Waals surface area contributed by atoms with Crippen LogP contribution in [0.2, 0.25) is 0 Å². The fourth-order valence-corrected chi connectivity index (χ4v) is 5.51. The number of hydrogen-bond donors (Lipinski definition) is 0. The molecule has 9 heteroatoms. The molecule has 2 aromatic carbocycles. The SMILES string of the molecule is C=CC(=O)N1CC(N(C)C(=O)Cn2cc(C(=O)N3CCc4c(cccc4OC)C3)c3cc(Br)ccc32)C1. The molecule has 0 N–H and O–H groups in total. The summed E-state index contributed by atoms with van der Waals surface area (Å²) in [5.41, 5.74) is 3.64. The Kier molecular flexibility index (Phi) is 6.81. The number of rotatable bonds is 6. The maximum absolute atomic E-state index is 13.7. The summed E-state index contributed by atoms with van der Waals surface area (Å²) in [4.78, 5) is 43.8. The molecule has 3 aromatic rings. The highest BCUT2D eigenvalue weighted by Gasteiger charge is 2.34. The van der Waals surface area contributed by atoms with E-state index in [2.05, 4.69) is 22.5 Å². The van der Waals surface area contributed by atoms with E-state index >= 15 is 0 Å². The molecule has 0 radical (unpaired) electrons. The summed E-state index contributed by atoms with van der Waals surface area (Å²) in [6.07, 6.45) is 3.81. The van der Waals surface area contributed by atoms with Gasteiger partial charge >= 0.3 is 0 Å². The summed E-state index contributed by atoms with van der Waals surface area (Å²) >= 11 is 3.53. The fourth-order valence-electron chi connectivity index (χ4n) is 5.15. The van der Waals surface area contributed by atoms with E-state index in [4.69, 9.17) is 4.74 Å². The van der Waals surface area contributed by atoms with E-state index in [-0.39, 0.29) is 30.3 Å². The van der Waals surface area contributed by atoms with Gasteiger partial charge in [-0.3, -0.25) is 14.4 Å². The van der Waals surface area contributed by atoms with Crippen LogP contribution in [-0.4, -0.2) is 76.8 Å². The van der Waals surface area contributed by atoms with E-state index in [0.29, 0.717) is 31.7 Å². The van der Waals surface area contributed by atoms with Gasteiger partial charge in [0.2, 0.25) is 11.8 Å². The van der Waals surface area contributed by atoms with Crippen LogP contribution in [0.15, 0.2) is 59.7 Å². The Hall–Kier alpha value is -3.59. The third kappa shape index (κ3) is 4.64. The lowest BCUT2D eigenvalue weighted by Crippen LogP contribution is -2.61. The first-order valence-electron chi connectivity index (χ1n) is 12.2. The molecule has 3 heterocycles. The lowest BCUT2D eigenvalue weighted by Gasteiger charge is -2.43. The molecular weight excluding hydrogens is 536 g/mol. The Morgan fingerprint density at radius 1 is 1.19 bits per heavy atom. The second kappa shape index (κ2) is 10.0. The number of nitrogens with zero attached hydrogens (tertiary/aromatic N) is 4. The minimum absolute atomic E-state index is 0.0288. The van der Waals surface area contributed by atoms with Crippen LogP contribution in [0.3, 0.4) is 0 Å². The predicted octanol–water partition coefficient (Wildman–Crippen LogP) is 3.47. The van der Waals surface area contributed by atoms with Crippen molar-refractivity contribution in [1.82, 2.24) is 19.3 Å². The number of hydrogen-bond acceptors (Lipinski definition) is 4. The average Bonchev–Trinajstić information content (AvgIpc) is 3.23. The van der Waals surface area contributed by atoms with E-state index < -0.39 is 0 Å². The van der Waals surface area contributed by atoms with Crippen molar-refractivity contribution in [1.29, 1.82) is 0 Å². The molecule has 0 aliphatic carbocycles. The fraction of sp³-hybridized carbons (Fsp3) is 0.321. The van der Waals surface area contributed by atoms with Gasteiger partial charge in [0.25, 0.3) is 5.91 Å². The Morgan fingerprint density at radius 2 is 1.97 bits per heavy atom. The molecule has 2 aliphatic rings. The van der Waals surface area contributed by atoms with Crippen LogP contribution in [0.5, 0.6) is 5.75 Å². The van der Waals surface area contributed by atoms with Crippen LogP contribution in [0, 0.1) is 0 Å². The van der Waals surface area contributed by atoms with Crippen LogP contribution in [0.25, 0.3) is 10.9 Å². The highest BCUT2D eigenvalue weighted by Crippen LogP contribution is 2.31. The zero-order chi connectivity index (χ0) is 26.3. The van der Waals surface area contributed by atoms with Gasteiger partial charge in [-0.25, -0.2) is 0 Å². The van der Waals surface area contributed by atoms with Gasteiger partial charge in [-0.1, -0.05) is 34.6 Å². The van der Waals surface area contributed by atoms with Gasteiger partial charge in [0.05, 0.1) is 18.7 Å². The second-order valence-electron chi connectivity index (χ2n) is 9.51. The van der Waals surface area contributed by atoms with Gasteiger partial charge in [-0.2, -0.15) is 0 Å². The van der Waals surface area contributed by atoms with Crippen molar-refractivity contribution < 1.29 is 19.1 Å².